The summed E-state index contributed by atoms with van der Waals surface area (Å²) < 4.78 is 5.56. The van der Waals surface area contributed by atoms with Gasteiger partial charge in [0.25, 0.3) is 0 Å². The van der Waals surface area contributed by atoms with Crippen LogP contribution in [0.15, 0.2) is 82.3 Å². The maximum absolute atomic E-state index is 13.5. The van der Waals surface area contributed by atoms with Gasteiger partial charge in [0.05, 0.1) is 30.3 Å². The number of ether oxygens (including phenoxy) is 1. The number of benzene rings is 2. The summed E-state index contributed by atoms with van der Waals surface area (Å²) in [7, 11) is 2.08. The summed E-state index contributed by atoms with van der Waals surface area (Å²) in [5.41, 5.74) is 3.75. The Morgan fingerprint density at radius 3 is 2.33 bits per heavy atom. The van der Waals surface area contributed by atoms with Crippen molar-refractivity contribution in [2.24, 2.45) is 4.99 Å². The molecule has 0 aromatic heterocycles. The number of nitrogens with zero attached hydrogens (tertiary/aromatic N) is 4. The summed E-state index contributed by atoms with van der Waals surface area (Å²) >= 11 is 1.50. The number of carbonyl (C=O) groups is 2. The van der Waals surface area contributed by atoms with Crippen molar-refractivity contribution in [2.45, 2.75) is 19.4 Å². The summed E-state index contributed by atoms with van der Waals surface area (Å²) in [4.78, 5) is 37.9. The monoisotopic (exact) mass is 502 g/mol. The standard InChI is InChI=1S/C28H30N4O3S/c1-3-35-27(34)24-25(20-10-6-4-7-11-20)29-28-32(26(24)21-12-8-5-9-13-21)22(19-36-28)18-23(33)31-16-14-30(2)15-17-31/h4-13,19,26H,3,14-18H2,1-2H3. The molecule has 3 aliphatic heterocycles. The number of hydrogen-bond acceptors (Lipinski definition) is 7. The lowest BCUT2D eigenvalue weighted by molar-refractivity contribution is -0.139. The van der Waals surface area contributed by atoms with Crippen molar-refractivity contribution in [3.8, 4) is 0 Å². The molecule has 0 saturated carbocycles. The predicted molar refractivity (Wildman–Crippen MR) is 143 cm³/mol. The van der Waals surface area contributed by atoms with Crippen LogP contribution in [0.25, 0.3) is 5.70 Å². The number of aliphatic imine (C=N–C) groups is 1. The number of amides is 1. The average Bonchev–Trinajstić information content (AvgIpc) is 3.31. The molecule has 2 aromatic carbocycles. The van der Waals surface area contributed by atoms with Crippen LogP contribution in [0.4, 0.5) is 0 Å². The first-order chi connectivity index (χ1) is 17.6. The molecule has 8 heteroatoms. The van der Waals surface area contributed by atoms with Gasteiger partial charge in [0.1, 0.15) is 0 Å². The van der Waals surface area contributed by atoms with Gasteiger partial charge in [-0.2, -0.15) is 0 Å². The van der Waals surface area contributed by atoms with E-state index in [-0.39, 0.29) is 18.9 Å². The number of hydrogen-bond donors (Lipinski definition) is 0. The highest BCUT2D eigenvalue weighted by atomic mass is 32.2. The maximum atomic E-state index is 13.5. The third-order valence-electron chi connectivity index (χ3n) is 6.66. The van der Waals surface area contributed by atoms with E-state index in [9.17, 15) is 9.59 Å². The van der Waals surface area contributed by atoms with Crippen molar-refractivity contribution in [3.05, 3.63) is 88.5 Å². The van der Waals surface area contributed by atoms with Gasteiger partial charge in [-0.05, 0) is 24.9 Å². The fourth-order valence-electron chi connectivity index (χ4n) is 4.76. The average molecular weight is 503 g/mol. The number of piperazine rings is 1. The van der Waals surface area contributed by atoms with E-state index >= 15 is 0 Å². The molecule has 36 heavy (non-hydrogen) atoms. The molecular formula is C28H30N4O3S. The highest BCUT2D eigenvalue weighted by molar-refractivity contribution is 8.16. The Morgan fingerprint density at radius 2 is 1.67 bits per heavy atom. The van der Waals surface area contributed by atoms with Gasteiger partial charge in [-0.3, -0.25) is 4.79 Å². The highest BCUT2D eigenvalue weighted by Crippen LogP contribution is 2.47. The van der Waals surface area contributed by atoms with Gasteiger partial charge in [-0.25, -0.2) is 9.79 Å². The fraction of sp³-hybridized carbons (Fsp3) is 0.321. The summed E-state index contributed by atoms with van der Waals surface area (Å²) in [6.07, 6.45) is 0.260. The predicted octanol–water partition coefficient (Wildman–Crippen LogP) is 4.13. The molecule has 3 heterocycles. The van der Waals surface area contributed by atoms with Crippen LogP contribution in [0.2, 0.25) is 0 Å². The molecule has 3 aliphatic rings. The van der Waals surface area contributed by atoms with Crippen LogP contribution in [0, 0.1) is 0 Å². The SMILES string of the molecule is CCOC(=O)C1=C(c2ccccc2)N=C2SC=C(CC(=O)N3CCN(C)CC3)N2C1c1ccccc1. The van der Waals surface area contributed by atoms with Crippen molar-refractivity contribution in [3.63, 3.8) is 0 Å². The van der Waals surface area contributed by atoms with Crippen molar-refractivity contribution >= 4 is 34.5 Å². The summed E-state index contributed by atoms with van der Waals surface area (Å²) in [6.45, 7) is 5.27. The number of fused-ring (bicyclic) bond motifs is 1. The van der Waals surface area contributed by atoms with Gasteiger partial charge in [-0.15, -0.1) is 0 Å². The van der Waals surface area contributed by atoms with Crippen molar-refractivity contribution in [1.82, 2.24) is 14.7 Å². The van der Waals surface area contributed by atoms with Crippen LogP contribution in [0.5, 0.6) is 0 Å². The molecule has 0 bridgehead atoms. The molecule has 1 unspecified atom stereocenters. The number of likely N-dealkylation sites (N-methyl/N-ethyl adjacent to an activating group) is 1. The lowest BCUT2D eigenvalue weighted by atomic mass is 9.91. The van der Waals surface area contributed by atoms with Crippen molar-refractivity contribution < 1.29 is 14.3 Å². The lowest BCUT2D eigenvalue weighted by Crippen LogP contribution is -2.47. The van der Waals surface area contributed by atoms with E-state index in [1.807, 2.05) is 75.9 Å². The second kappa shape index (κ2) is 10.7. The number of esters is 1. The van der Waals surface area contributed by atoms with Crippen LogP contribution < -0.4 is 0 Å². The Kier molecular flexibility index (Phi) is 7.25. The van der Waals surface area contributed by atoms with Crippen LogP contribution in [0.3, 0.4) is 0 Å². The Morgan fingerprint density at radius 1 is 1.00 bits per heavy atom. The second-order valence-corrected chi connectivity index (χ2v) is 9.85. The molecule has 1 saturated heterocycles. The minimum absolute atomic E-state index is 0.0959. The number of carbonyl (C=O) groups excluding carboxylic acids is 2. The second-order valence-electron chi connectivity index (χ2n) is 9.01. The molecule has 1 amide bonds. The van der Waals surface area contributed by atoms with E-state index < -0.39 is 12.0 Å². The number of thioether (sulfide) groups is 1. The van der Waals surface area contributed by atoms with Crippen LogP contribution in [-0.4, -0.2) is 71.6 Å². The minimum Gasteiger partial charge on any atom is -0.463 e. The smallest absolute Gasteiger partial charge is 0.338 e. The lowest BCUT2D eigenvalue weighted by Gasteiger charge is -2.38. The Bertz CT molecular complexity index is 1220. The molecule has 2 aromatic rings. The molecule has 0 spiro atoms. The molecular weight excluding hydrogens is 472 g/mol. The maximum Gasteiger partial charge on any atom is 0.338 e. The zero-order valence-corrected chi connectivity index (χ0v) is 21.4. The van der Waals surface area contributed by atoms with Crippen molar-refractivity contribution in [1.29, 1.82) is 0 Å². The first-order valence-electron chi connectivity index (χ1n) is 12.3. The molecule has 0 radical (unpaired) electrons. The highest BCUT2D eigenvalue weighted by Gasteiger charge is 2.42. The van der Waals surface area contributed by atoms with Crippen LogP contribution in [0.1, 0.15) is 30.5 Å². The summed E-state index contributed by atoms with van der Waals surface area (Å²) in [5, 5.41) is 2.76. The van der Waals surface area contributed by atoms with E-state index in [4.69, 9.17) is 9.73 Å². The van der Waals surface area contributed by atoms with E-state index in [1.165, 1.54) is 11.8 Å². The topological polar surface area (TPSA) is 65.5 Å². The Balaban J connectivity index is 1.56. The van der Waals surface area contributed by atoms with E-state index in [0.29, 0.717) is 11.3 Å². The first kappa shape index (κ1) is 24.3. The summed E-state index contributed by atoms with van der Waals surface area (Å²) in [6, 6.07) is 19.2. The van der Waals surface area contributed by atoms with Gasteiger partial charge in [0.2, 0.25) is 5.91 Å². The van der Waals surface area contributed by atoms with Crippen LogP contribution in [-0.2, 0) is 14.3 Å². The largest absolute Gasteiger partial charge is 0.463 e. The Hall–Kier alpha value is -3.36. The van der Waals surface area contributed by atoms with Crippen LogP contribution >= 0.6 is 11.8 Å². The molecule has 186 valence electrons. The molecule has 7 nitrogen and oxygen atoms in total. The number of rotatable bonds is 6. The van der Waals surface area contributed by atoms with Gasteiger partial charge < -0.3 is 19.4 Å². The summed E-state index contributed by atoms with van der Waals surface area (Å²) in [5.74, 6) is -0.298. The third kappa shape index (κ3) is 4.83. The molecule has 1 fully saturated rings. The quantitative estimate of drug-likeness (QED) is 0.554. The normalized spacial score (nSPS) is 20.1. The minimum atomic E-state index is -0.450. The van der Waals surface area contributed by atoms with E-state index in [0.717, 1.165) is 48.2 Å². The molecule has 0 aliphatic carbocycles. The third-order valence-corrected chi connectivity index (χ3v) is 7.55. The van der Waals surface area contributed by atoms with E-state index in [1.54, 1.807) is 6.92 Å². The van der Waals surface area contributed by atoms with E-state index in [2.05, 4.69) is 11.9 Å². The fourth-order valence-corrected chi connectivity index (χ4v) is 5.68. The van der Waals surface area contributed by atoms with Gasteiger partial charge >= 0.3 is 5.97 Å². The van der Waals surface area contributed by atoms with Crippen molar-refractivity contribution in [2.75, 3.05) is 39.8 Å². The van der Waals surface area contributed by atoms with Gasteiger partial charge in [-0.1, -0.05) is 72.4 Å². The first-order valence-corrected chi connectivity index (χ1v) is 13.2. The molecule has 5 rings (SSSR count). The molecule has 0 N–H and O–H groups in total. The number of amidine groups is 1. The zero-order valence-electron chi connectivity index (χ0n) is 20.6. The zero-order chi connectivity index (χ0) is 25.1. The molecule has 1 atom stereocenters. The van der Waals surface area contributed by atoms with Gasteiger partial charge in [0, 0.05) is 37.4 Å². The Labute approximate surface area is 216 Å². The van der Waals surface area contributed by atoms with Gasteiger partial charge in [0.15, 0.2) is 5.17 Å².